The van der Waals surface area contributed by atoms with E-state index in [4.69, 9.17) is 0 Å². The zero-order valence-corrected chi connectivity index (χ0v) is 7.15. The van der Waals surface area contributed by atoms with Gasteiger partial charge in [-0.1, -0.05) is 20.4 Å². The Morgan fingerprint density at radius 3 is 1.56 bits per heavy atom. The van der Waals surface area contributed by atoms with Gasteiger partial charge in [-0.2, -0.15) is 0 Å². The third-order valence-electron chi connectivity index (χ3n) is 0.953. The smallest absolute Gasteiger partial charge is 0.0337 e. The molecule has 0 fully saturated rings. The molecule has 1 heteroatoms. The molecule has 0 aliphatic rings. The number of hydrogen-bond donors (Lipinski definition) is 0. The van der Waals surface area contributed by atoms with Crippen LogP contribution in [0.2, 0.25) is 0 Å². The average Bonchev–Trinajstić information content (AvgIpc) is 1.91. The first-order chi connectivity index (χ1) is 4.18. The van der Waals surface area contributed by atoms with Crippen molar-refractivity contribution in [3.05, 3.63) is 12.2 Å². The fraction of sp³-hybridized carbons (Fsp3) is 0.625. The van der Waals surface area contributed by atoms with Crippen molar-refractivity contribution in [1.29, 1.82) is 0 Å². The Bertz CT molecular complexity index is 101. The van der Waals surface area contributed by atoms with Gasteiger partial charge in [0.2, 0.25) is 0 Å². The fourth-order valence-electron chi connectivity index (χ4n) is 0.191. The van der Waals surface area contributed by atoms with Gasteiger partial charge in [-0.15, -0.1) is 0 Å². The number of aliphatic imine (C=N–C) groups is 1. The quantitative estimate of drug-likeness (QED) is 0.480. The molecule has 1 nitrogen and oxygen atoms in total. The zero-order valence-electron chi connectivity index (χ0n) is 7.15. The van der Waals surface area contributed by atoms with E-state index < -0.39 is 0 Å². The van der Waals surface area contributed by atoms with Gasteiger partial charge in [-0.25, -0.2) is 0 Å². The van der Waals surface area contributed by atoms with Crippen molar-refractivity contribution in [1.82, 2.24) is 0 Å². The van der Waals surface area contributed by atoms with Crippen LogP contribution in [0.25, 0.3) is 0 Å². The van der Waals surface area contributed by atoms with Crippen molar-refractivity contribution in [2.45, 2.75) is 27.7 Å². The lowest BCUT2D eigenvalue weighted by Crippen LogP contribution is -1.88. The van der Waals surface area contributed by atoms with Crippen LogP contribution in [-0.4, -0.2) is 12.8 Å². The van der Waals surface area contributed by atoms with E-state index in [0.717, 1.165) is 11.3 Å². The van der Waals surface area contributed by atoms with Crippen LogP contribution < -0.4 is 0 Å². The molecule has 0 N–H and O–H groups in total. The lowest BCUT2D eigenvalue weighted by atomic mass is 10.2. The number of hydrogen-bond acceptors (Lipinski definition) is 1. The van der Waals surface area contributed by atoms with E-state index in [1.807, 2.05) is 27.7 Å². The SMILES string of the molecule is C=C(C)C(C)=NC.CC. The lowest BCUT2D eigenvalue weighted by molar-refractivity contribution is 1.40. The van der Waals surface area contributed by atoms with Crippen molar-refractivity contribution in [2.24, 2.45) is 4.99 Å². The van der Waals surface area contributed by atoms with Gasteiger partial charge >= 0.3 is 0 Å². The van der Waals surface area contributed by atoms with Crippen LogP contribution in [0.1, 0.15) is 27.7 Å². The first kappa shape index (κ1) is 11.2. The van der Waals surface area contributed by atoms with Gasteiger partial charge in [0, 0.05) is 12.8 Å². The molecule has 54 valence electrons. The topological polar surface area (TPSA) is 12.4 Å². The molecule has 0 atom stereocenters. The summed E-state index contributed by atoms with van der Waals surface area (Å²) in [5.74, 6) is 0. The highest BCUT2D eigenvalue weighted by Crippen LogP contribution is 1.88. The summed E-state index contributed by atoms with van der Waals surface area (Å²) in [5.41, 5.74) is 2.07. The van der Waals surface area contributed by atoms with E-state index in [1.165, 1.54) is 0 Å². The molecule has 0 heterocycles. The molecule has 0 aromatic heterocycles. The molecule has 9 heavy (non-hydrogen) atoms. The summed E-state index contributed by atoms with van der Waals surface area (Å²) in [6, 6.07) is 0. The molecule has 0 aromatic carbocycles. The normalized spacial score (nSPS) is 9.67. The minimum atomic E-state index is 1.03. The lowest BCUT2D eigenvalue weighted by Gasteiger charge is -1.90. The van der Waals surface area contributed by atoms with Crippen molar-refractivity contribution in [3.8, 4) is 0 Å². The monoisotopic (exact) mass is 127 g/mol. The third kappa shape index (κ3) is 7.41. The summed E-state index contributed by atoms with van der Waals surface area (Å²) in [5, 5.41) is 0. The summed E-state index contributed by atoms with van der Waals surface area (Å²) in [6.45, 7) is 11.6. The highest BCUT2D eigenvalue weighted by atomic mass is 14.7. The molecule has 0 saturated heterocycles. The molecule has 0 unspecified atom stereocenters. The van der Waals surface area contributed by atoms with E-state index >= 15 is 0 Å². The minimum absolute atomic E-state index is 1.03. The Morgan fingerprint density at radius 2 is 1.56 bits per heavy atom. The molecule has 0 bridgehead atoms. The van der Waals surface area contributed by atoms with Gasteiger partial charge in [0.15, 0.2) is 0 Å². The Labute approximate surface area is 58.5 Å². The summed E-state index contributed by atoms with van der Waals surface area (Å²) >= 11 is 0. The van der Waals surface area contributed by atoms with Gasteiger partial charge in [-0.05, 0) is 19.4 Å². The highest BCUT2D eigenvalue weighted by Gasteiger charge is 1.83. The fourth-order valence-corrected chi connectivity index (χ4v) is 0.191. The Balaban J connectivity index is 0. The molecule has 0 aliphatic carbocycles. The van der Waals surface area contributed by atoms with Crippen LogP contribution in [0.4, 0.5) is 0 Å². The van der Waals surface area contributed by atoms with Crippen molar-refractivity contribution < 1.29 is 0 Å². The molecule has 0 saturated carbocycles. The predicted molar refractivity (Wildman–Crippen MR) is 45.2 cm³/mol. The summed E-state index contributed by atoms with van der Waals surface area (Å²) in [4.78, 5) is 3.91. The number of allylic oxidation sites excluding steroid dienone is 1. The van der Waals surface area contributed by atoms with E-state index in [2.05, 4.69) is 11.6 Å². The third-order valence-corrected chi connectivity index (χ3v) is 0.953. The number of rotatable bonds is 1. The van der Waals surface area contributed by atoms with Gasteiger partial charge in [0.05, 0.1) is 0 Å². The summed E-state index contributed by atoms with van der Waals surface area (Å²) in [6.07, 6.45) is 0. The molecular formula is C8H17N. The first-order valence-electron chi connectivity index (χ1n) is 3.27. The molecule has 0 spiro atoms. The molecular weight excluding hydrogens is 110 g/mol. The van der Waals surface area contributed by atoms with Crippen molar-refractivity contribution >= 4 is 5.71 Å². The highest BCUT2D eigenvalue weighted by molar-refractivity contribution is 5.96. The molecule has 0 amide bonds. The second-order valence-electron chi connectivity index (χ2n) is 1.59. The molecule has 0 rings (SSSR count). The Morgan fingerprint density at radius 1 is 1.22 bits per heavy atom. The van der Waals surface area contributed by atoms with Gasteiger partial charge in [-0.3, -0.25) is 4.99 Å². The maximum atomic E-state index is 3.91. The average molecular weight is 127 g/mol. The maximum absolute atomic E-state index is 3.91. The van der Waals surface area contributed by atoms with E-state index in [1.54, 1.807) is 7.05 Å². The van der Waals surface area contributed by atoms with Crippen LogP contribution >= 0.6 is 0 Å². The van der Waals surface area contributed by atoms with Crippen LogP contribution in [0.15, 0.2) is 17.1 Å². The van der Waals surface area contributed by atoms with Gasteiger partial charge < -0.3 is 0 Å². The summed E-state index contributed by atoms with van der Waals surface area (Å²) in [7, 11) is 1.77. The van der Waals surface area contributed by atoms with Gasteiger partial charge in [0.1, 0.15) is 0 Å². The van der Waals surface area contributed by atoms with Crippen LogP contribution in [-0.2, 0) is 0 Å². The predicted octanol–water partition coefficient (Wildman–Crippen LogP) is 2.68. The Kier molecular flexibility index (Phi) is 9.25. The van der Waals surface area contributed by atoms with Crippen LogP contribution in [0.5, 0.6) is 0 Å². The second-order valence-corrected chi connectivity index (χ2v) is 1.59. The largest absolute Gasteiger partial charge is 0.293 e. The Hall–Kier alpha value is -0.590. The summed E-state index contributed by atoms with van der Waals surface area (Å²) < 4.78 is 0. The van der Waals surface area contributed by atoms with E-state index in [0.29, 0.717) is 0 Å². The molecule has 0 aliphatic heterocycles. The zero-order chi connectivity index (χ0) is 7.86. The van der Waals surface area contributed by atoms with Crippen LogP contribution in [0.3, 0.4) is 0 Å². The number of nitrogens with zero attached hydrogens (tertiary/aromatic N) is 1. The van der Waals surface area contributed by atoms with Crippen LogP contribution in [0, 0.1) is 0 Å². The first-order valence-corrected chi connectivity index (χ1v) is 3.27. The maximum Gasteiger partial charge on any atom is 0.0337 e. The molecule has 0 aromatic rings. The van der Waals surface area contributed by atoms with Crippen molar-refractivity contribution in [2.75, 3.05) is 7.05 Å². The van der Waals surface area contributed by atoms with Crippen molar-refractivity contribution in [3.63, 3.8) is 0 Å². The minimum Gasteiger partial charge on any atom is -0.293 e. The molecule has 0 radical (unpaired) electrons. The second kappa shape index (κ2) is 7.41. The standard InChI is InChI=1S/C6H11N.C2H6/c1-5(2)6(3)7-4;1-2/h1H2,2-4H3;1-2H3. The van der Waals surface area contributed by atoms with E-state index in [-0.39, 0.29) is 0 Å². The van der Waals surface area contributed by atoms with Gasteiger partial charge in [0.25, 0.3) is 0 Å². The van der Waals surface area contributed by atoms with E-state index in [9.17, 15) is 0 Å².